The highest BCUT2D eigenvalue weighted by Crippen LogP contribution is 2.11. The second kappa shape index (κ2) is 3.13. The highest BCUT2D eigenvalue weighted by molar-refractivity contribution is 6.04. The van der Waals surface area contributed by atoms with Gasteiger partial charge in [0, 0.05) is 6.04 Å². The normalized spacial score (nSPS) is 25.9. The van der Waals surface area contributed by atoms with E-state index in [9.17, 15) is 9.59 Å². The summed E-state index contributed by atoms with van der Waals surface area (Å²) in [6, 6.07) is -0.615. The van der Waals surface area contributed by atoms with Crippen LogP contribution in [0.5, 0.6) is 0 Å². The summed E-state index contributed by atoms with van der Waals surface area (Å²) in [5, 5.41) is 2.57. The number of imide groups is 1. The fraction of sp³-hybridized carbons (Fsp3) is 0.750. The molecule has 4 heteroatoms. The summed E-state index contributed by atoms with van der Waals surface area (Å²) in [4.78, 5) is 23.8. The van der Waals surface area contributed by atoms with E-state index in [1.807, 2.05) is 13.8 Å². The predicted molar refractivity (Wildman–Crippen MR) is 44.6 cm³/mol. The molecule has 0 aliphatic carbocycles. The van der Waals surface area contributed by atoms with Crippen LogP contribution in [0.2, 0.25) is 0 Å². The number of hydrogen-bond acceptors (Lipinski definition) is 2. The molecule has 1 aliphatic rings. The van der Waals surface area contributed by atoms with Gasteiger partial charge in [-0.3, -0.25) is 9.69 Å². The highest BCUT2D eigenvalue weighted by atomic mass is 16.2. The van der Waals surface area contributed by atoms with Crippen LogP contribution in [0.25, 0.3) is 0 Å². The third kappa shape index (κ3) is 1.29. The first kappa shape index (κ1) is 9.03. The molecule has 1 saturated heterocycles. The van der Waals surface area contributed by atoms with Crippen molar-refractivity contribution in [2.45, 2.75) is 39.3 Å². The molecule has 12 heavy (non-hydrogen) atoms. The van der Waals surface area contributed by atoms with Crippen molar-refractivity contribution >= 4 is 11.9 Å². The van der Waals surface area contributed by atoms with Crippen molar-refractivity contribution in [1.82, 2.24) is 10.2 Å². The Balaban J connectivity index is 2.76. The van der Waals surface area contributed by atoms with Crippen LogP contribution in [0.3, 0.4) is 0 Å². The summed E-state index contributed by atoms with van der Waals surface area (Å²) in [6.45, 7) is 5.52. The molecule has 0 spiro atoms. The molecule has 0 radical (unpaired) electrons. The molecule has 3 amide bonds. The molecule has 1 N–H and O–H groups in total. The minimum absolute atomic E-state index is 0.00227. The Labute approximate surface area is 71.9 Å². The number of carbonyl (C=O) groups excluding carboxylic acids is 2. The number of urea groups is 1. The standard InChI is InChI=1S/C8H14N2O2/c1-4-5(2)10-7(11)6(3)9-8(10)12/h5-6H,4H2,1-3H3,(H,9,12). The van der Waals surface area contributed by atoms with Gasteiger partial charge in [0.05, 0.1) is 0 Å². The Kier molecular flexibility index (Phi) is 2.35. The van der Waals surface area contributed by atoms with Gasteiger partial charge in [0.1, 0.15) is 6.04 Å². The smallest absolute Gasteiger partial charge is 0.325 e. The number of amides is 3. The summed E-state index contributed by atoms with van der Waals surface area (Å²) in [5.41, 5.74) is 0. The molecule has 1 fully saturated rings. The van der Waals surface area contributed by atoms with Gasteiger partial charge < -0.3 is 5.32 Å². The van der Waals surface area contributed by atoms with E-state index < -0.39 is 0 Å². The van der Waals surface area contributed by atoms with Crippen LogP contribution in [0.15, 0.2) is 0 Å². The van der Waals surface area contributed by atoms with Gasteiger partial charge in [0.2, 0.25) is 0 Å². The molecule has 0 saturated carbocycles. The molecule has 2 unspecified atom stereocenters. The largest absolute Gasteiger partial charge is 0.326 e. The zero-order valence-electron chi connectivity index (χ0n) is 7.63. The molecule has 4 nitrogen and oxygen atoms in total. The van der Waals surface area contributed by atoms with E-state index in [2.05, 4.69) is 5.32 Å². The van der Waals surface area contributed by atoms with E-state index in [1.54, 1.807) is 6.92 Å². The Morgan fingerprint density at radius 1 is 1.58 bits per heavy atom. The minimum atomic E-state index is -0.355. The Morgan fingerprint density at radius 2 is 2.17 bits per heavy atom. The quantitative estimate of drug-likeness (QED) is 0.621. The van der Waals surface area contributed by atoms with Crippen LogP contribution in [0, 0.1) is 0 Å². The first-order valence-electron chi connectivity index (χ1n) is 4.21. The van der Waals surface area contributed by atoms with Gasteiger partial charge in [0.25, 0.3) is 5.91 Å². The average molecular weight is 170 g/mol. The molecular weight excluding hydrogens is 156 g/mol. The van der Waals surface area contributed by atoms with Crippen molar-refractivity contribution < 1.29 is 9.59 Å². The second-order valence-electron chi connectivity index (χ2n) is 3.14. The summed E-state index contributed by atoms with van der Waals surface area (Å²) in [7, 11) is 0. The van der Waals surface area contributed by atoms with Crippen molar-refractivity contribution in [3.63, 3.8) is 0 Å². The molecular formula is C8H14N2O2. The summed E-state index contributed by atoms with van der Waals surface area (Å²) >= 11 is 0. The van der Waals surface area contributed by atoms with Crippen LogP contribution < -0.4 is 5.32 Å². The van der Waals surface area contributed by atoms with E-state index in [4.69, 9.17) is 0 Å². The van der Waals surface area contributed by atoms with Crippen LogP contribution in [0.1, 0.15) is 27.2 Å². The fourth-order valence-electron chi connectivity index (χ4n) is 1.23. The Bertz CT molecular complexity index is 215. The lowest BCUT2D eigenvalue weighted by Gasteiger charge is -2.19. The molecule has 0 aromatic rings. The summed E-state index contributed by atoms with van der Waals surface area (Å²) in [5.74, 6) is -0.116. The first-order valence-corrected chi connectivity index (χ1v) is 4.21. The lowest BCUT2D eigenvalue weighted by molar-refractivity contribution is -0.128. The van der Waals surface area contributed by atoms with Crippen LogP contribution >= 0.6 is 0 Å². The van der Waals surface area contributed by atoms with Gasteiger partial charge in [-0.15, -0.1) is 0 Å². The van der Waals surface area contributed by atoms with Crippen molar-refractivity contribution in [3.8, 4) is 0 Å². The Morgan fingerprint density at radius 3 is 2.50 bits per heavy atom. The predicted octanol–water partition coefficient (Wildman–Crippen LogP) is 0.725. The van der Waals surface area contributed by atoms with Crippen molar-refractivity contribution in [1.29, 1.82) is 0 Å². The topological polar surface area (TPSA) is 49.4 Å². The van der Waals surface area contributed by atoms with E-state index in [-0.39, 0.29) is 24.0 Å². The molecule has 1 rings (SSSR count). The molecule has 0 bridgehead atoms. The monoisotopic (exact) mass is 170 g/mol. The third-order valence-electron chi connectivity index (χ3n) is 2.20. The summed E-state index contributed by atoms with van der Waals surface area (Å²) < 4.78 is 0. The van der Waals surface area contributed by atoms with E-state index in [1.165, 1.54) is 4.90 Å². The van der Waals surface area contributed by atoms with Crippen LogP contribution in [-0.4, -0.2) is 28.9 Å². The molecule has 68 valence electrons. The SMILES string of the molecule is CCC(C)N1C(=O)NC(C)C1=O. The fourth-order valence-corrected chi connectivity index (χ4v) is 1.23. The molecule has 0 aromatic heterocycles. The number of carbonyl (C=O) groups is 2. The average Bonchev–Trinajstić information content (AvgIpc) is 2.26. The van der Waals surface area contributed by atoms with Crippen molar-refractivity contribution in [2.24, 2.45) is 0 Å². The van der Waals surface area contributed by atoms with Gasteiger partial charge in [0.15, 0.2) is 0 Å². The van der Waals surface area contributed by atoms with E-state index >= 15 is 0 Å². The lowest BCUT2D eigenvalue weighted by Crippen LogP contribution is -2.38. The van der Waals surface area contributed by atoms with Crippen molar-refractivity contribution in [2.75, 3.05) is 0 Å². The first-order chi connectivity index (χ1) is 5.57. The maximum absolute atomic E-state index is 11.4. The lowest BCUT2D eigenvalue weighted by atomic mass is 10.2. The maximum atomic E-state index is 11.4. The van der Waals surface area contributed by atoms with E-state index in [0.717, 1.165) is 6.42 Å². The number of rotatable bonds is 2. The van der Waals surface area contributed by atoms with Crippen LogP contribution in [0.4, 0.5) is 4.79 Å². The highest BCUT2D eigenvalue weighted by Gasteiger charge is 2.37. The van der Waals surface area contributed by atoms with Crippen LogP contribution in [-0.2, 0) is 4.79 Å². The Hall–Kier alpha value is -1.06. The zero-order chi connectivity index (χ0) is 9.30. The van der Waals surface area contributed by atoms with Gasteiger partial charge in [-0.05, 0) is 20.3 Å². The number of hydrogen-bond donors (Lipinski definition) is 1. The van der Waals surface area contributed by atoms with Gasteiger partial charge in [-0.25, -0.2) is 4.79 Å². The molecule has 2 atom stereocenters. The second-order valence-corrected chi connectivity index (χ2v) is 3.14. The number of nitrogens with one attached hydrogen (secondary N) is 1. The van der Waals surface area contributed by atoms with Gasteiger partial charge in [-0.2, -0.15) is 0 Å². The molecule has 0 aromatic carbocycles. The third-order valence-corrected chi connectivity index (χ3v) is 2.20. The molecule has 1 aliphatic heterocycles. The maximum Gasteiger partial charge on any atom is 0.325 e. The van der Waals surface area contributed by atoms with E-state index in [0.29, 0.717) is 0 Å². The summed E-state index contributed by atoms with van der Waals surface area (Å²) in [6.07, 6.45) is 0.798. The van der Waals surface area contributed by atoms with Gasteiger partial charge >= 0.3 is 6.03 Å². The van der Waals surface area contributed by atoms with Crippen molar-refractivity contribution in [3.05, 3.63) is 0 Å². The minimum Gasteiger partial charge on any atom is -0.326 e. The van der Waals surface area contributed by atoms with Gasteiger partial charge in [-0.1, -0.05) is 6.92 Å². The number of nitrogens with zero attached hydrogens (tertiary/aromatic N) is 1. The zero-order valence-corrected chi connectivity index (χ0v) is 7.63. The molecule has 1 heterocycles.